The molecule has 0 aromatic rings. The number of alkyl halides is 1. The van der Waals surface area contributed by atoms with Crippen molar-refractivity contribution >= 4 is 30.9 Å². The average Bonchev–Trinajstić information content (AvgIpc) is 1.55. The molecule has 0 rings (SSSR count). The van der Waals surface area contributed by atoms with Gasteiger partial charge >= 0.3 is 0 Å². The maximum Gasteiger partial charge on any atom is 0.153 e. The Balaban J connectivity index is 3.91. The molecule has 1 atom stereocenters. The summed E-state index contributed by atoms with van der Waals surface area (Å²) in [5.41, 5.74) is -1.17. The fourth-order valence-electron chi connectivity index (χ4n) is 1.27. The Bertz CT molecular complexity index is 122. The second kappa shape index (κ2) is 4.07. The zero-order chi connectivity index (χ0) is 9.12. The van der Waals surface area contributed by atoms with Crippen LogP contribution >= 0.6 is 23.0 Å². The van der Waals surface area contributed by atoms with Crippen LogP contribution in [-0.2, 0) is 3.07 Å². The van der Waals surface area contributed by atoms with Gasteiger partial charge in [-0.25, -0.2) is 0 Å². The Hall–Kier alpha value is 0.685. The molecular weight excluding hydrogens is 257 g/mol. The van der Waals surface area contributed by atoms with Gasteiger partial charge in [0.2, 0.25) is 0 Å². The van der Waals surface area contributed by atoms with E-state index >= 15 is 0 Å². The summed E-state index contributed by atoms with van der Waals surface area (Å²) < 4.78 is 18.2. The fraction of sp³-hybridized carbons (Fsp3) is 1.00. The number of rotatable bonds is 3. The fourth-order valence-corrected chi connectivity index (χ4v) is 1.92. The number of hydrogen-bond acceptors (Lipinski definition) is 1. The minimum Gasteiger partial charge on any atom is -0.313 e. The van der Waals surface area contributed by atoms with E-state index in [4.69, 9.17) is 3.07 Å². The molecule has 1 unspecified atom stereocenters. The van der Waals surface area contributed by atoms with Crippen LogP contribution in [-0.4, -0.2) is 20.0 Å². The molecule has 0 amide bonds. The van der Waals surface area contributed by atoms with E-state index in [2.05, 4.69) is 0 Å². The summed E-state index contributed by atoms with van der Waals surface area (Å²) in [5, 5.41) is 0. The molecule has 0 fully saturated rings. The largest absolute Gasteiger partial charge is 0.313 e. The summed E-state index contributed by atoms with van der Waals surface area (Å²) in [4.78, 5) is 0. The van der Waals surface area contributed by atoms with Crippen molar-refractivity contribution in [3.8, 4) is 0 Å². The molecular formula is C7H15BFIO. The summed E-state index contributed by atoms with van der Waals surface area (Å²) in [7, 11) is 1.58. The van der Waals surface area contributed by atoms with E-state index in [1.165, 1.54) is 0 Å². The van der Waals surface area contributed by atoms with Gasteiger partial charge in [0.1, 0.15) is 23.0 Å². The SMILES string of the molecule is BC(F)(COI)CC(C)(C)C. The first kappa shape index (κ1) is 11.7. The van der Waals surface area contributed by atoms with Crippen molar-refractivity contribution in [1.82, 2.24) is 0 Å². The van der Waals surface area contributed by atoms with Gasteiger partial charge in [-0.3, -0.25) is 4.39 Å². The average molecular weight is 272 g/mol. The molecule has 11 heavy (non-hydrogen) atoms. The third-order valence-electron chi connectivity index (χ3n) is 1.25. The van der Waals surface area contributed by atoms with Gasteiger partial charge in [0.15, 0.2) is 7.85 Å². The molecule has 0 N–H and O–H groups in total. The molecule has 0 saturated carbocycles. The van der Waals surface area contributed by atoms with E-state index in [1.807, 2.05) is 20.8 Å². The van der Waals surface area contributed by atoms with Crippen LogP contribution in [0.1, 0.15) is 27.2 Å². The monoisotopic (exact) mass is 272 g/mol. The van der Waals surface area contributed by atoms with Crippen LogP contribution in [0.4, 0.5) is 4.39 Å². The first-order valence-electron chi connectivity index (χ1n) is 3.69. The maximum absolute atomic E-state index is 13.5. The molecule has 0 heterocycles. The predicted molar refractivity (Wildman–Crippen MR) is 56.4 cm³/mol. The van der Waals surface area contributed by atoms with Crippen molar-refractivity contribution in [2.24, 2.45) is 5.41 Å². The lowest BCUT2D eigenvalue weighted by Crippen LogP contribution is -2.33. The van der Waals surface area contributed by atoms with Crippen LogP contribution in [0.5, 0.6) is 0 Å². The van der Waals surface area contributed by atoms with E-state index in [-0.39, 0.29) is 12.0 Å². The van der Waals surface area contributed by atoms with E-state index < -0.39 is 5.57 Å². The summed E-state index contributed by atoms with van der Waals surface area (Å²) in [6, 6.07) is 0. The third kappa shape index (κ3) is 7.06. The molecule has 0 aliphatic carbocycles. The highest BCUT2D eigenvalue weighted by Gasteiger charge is 2.29. The van der Waals surface area contributed by atoms with Crippen molar-refractivity contribution in [2.45, 2.75) is 32.8 Å². The zero-order valence-corrected chi connectivity index (χ0v) is 9.74. The lowest BCUT2D eigenvalue weighted by Gasteiger charge is -2.27. The minimum atomic E-state index is -1.19. The highest BCUT2D eigenvalue weighted by Crippen LogP contribution is 2.28. The molecule has 0 radical (unpaired) electrons. The van der Waals surface area contributed by atoms with Crippen LogP contribution in [0.25, 0.3) is 0 Å². The van der Waals surface area contributed by atoms with Crippen molar-refractivity contribution in [2.75, 3.05) is 6.61 Å². The van der Waals surface area contributed by atoms with E-state index in [1.54, 1.807) is 30.9 Å². The molecule has 0 bridgehead atoms. The van der Waals surface area contributed by atoms with Gasteiger partial charge in [-0.2, -0.15) is 0 Å². The lowest BCUT2D eigenvalue weighted by molar-refractivity contribution is 0.136. The Morgan fingerprint density at radius 3 is 2.18 bits per heavy atom. The Labute approximate surface area is 83.2 Å². The second-order valence-corrected chi connectivity index (χ2v) is 5.03. The first-order valence-corrected chi connectivity index (χ1v) is 4.57. The lowest BCUT2D eigenvalue weighted by atomic mass is 9.72. The summed E-state index contributed by atoms with van der Waals surface area (Å²) in [6.45, 7) is 6.25. The standard InChI is InChI=1S/C7H15BFIO/c1-6(2,3)4-7(8,9)5-11-10/h4-5,8H2,1-3H3. The number of halogens is 2. The molecule has 4 heteroatoms. The van der Waals surface area contributed by atoms with Crippen LogP contribution in [0.2, 0.25) is 0 Å². The highest BCUT2D eigenvalue weighted by atomic mass is 127. The van der Waals surface area contributed by atoms with Crippen LogP contribution in [0, 0.1) is 5.41 Å². The molecule has 0 spiro atoms. The smallest absolute Gasteiger partial charge is 0.153 e. The van der Waals surface area contributed by atoms with Gasteiger partial charge in [0.25, 0.3) is 0 Å². The predicted octanol–water partition coefficient (Wildman–Crippen LogP) is 2.09. The van der Waals surface area contributed by atoms with Gasteiger partial charge < -0.3 is 3.07 Å². The Morgan fingerprint density at radius 1 is 1.45 bits per heavy atom. The van der Waals surface area contributed by atoms with Crippen molar-refractivity contribution < 1.29 is 7.46 Å². The second-order valence-electron chi connectivity index (χ2n) is 4.40. The van der Waals surface area contributed by atoms with Gasteiger partial charge in [-0.1, -0.05) is 20.8 Å². The third-order valence-corrected chi connectivity index (χ3v) is 1.57. The Kier molecular flexibility index (Phi) is 4.33. The zero-order valence-electron chi connectivity index (χ0n) is 7.58. The molecule has 66 valence electrons. The summed E-state index contributed by atoms with van der Waals surface area (Å²) >= 11 is 1.72. The topological polar surface area (TPSA) is 9.23 Å². The normalized spacial score (nSPS) is 17.9. The Morgan fingerprint density at radius 2 is 1.91 bits per heavy atom. The van der Waals surface area contributed by atoms with Crippen LogP contribution in [0.3, 0.4) is 0 Å². The quantitative estimate of drug-likeness (QED) is 0.564. The molecule has 1 nitrogen and oxygen atoms in total. The van der Waals surface area contributed by atoms with Gasteiger partial charge in [0, 0.05) is 0 Å². The van der Waals surface area contributed by atoms with Gasteiger partial charge in [-0.15, -0.1) is 0 Å². The minimum absolute atomic E-state index is 0.0265. The van der Waals surface area contributed by atoms with Gasteiger partial charge in [0.05, 0.1) is 12.2 Å². The van der Waals surface area contributed by atoms with E-state index in [0.717, 1.165) is 0 Å². The maximum atomic E-state index is 13.5. The molecule has 0 aromatic heterocycles. The van der Waals surface area contributed by atoms with Crippen molar-refractivity contribution in [3.63, 3.8) is 0 Å². The van der Waals surface area contributed by atoms with Crippen molar-refractivity contribution in [1.29, 1.82) is 0 Å². The number of hydrogen-bond donors (Lipinski definition) is 0. The van der Waals surface area contributed by atoms with Crippen molar-refractivity contribution in [3.05, 3.63) is 0 Å². The van der Waals surface area contributed by atoms with Gasteiger partial charge in [-0.05, 0) is 11.8 Å². The molecule has 0 saturated heterocycles. The van der Waals surface area contributed by atoms with Crippen LogP contribution in [0.15, 0.2) is 0 Å². The summed E-state index contributed by atoms with van der Waals surface area (Å²) in [5.74, 6) is 0. The molecule has 0 aliphatic heterocycles. The summed E-state index contributed by atoms with van der Waals surface area (Å²) in [6.07, 6.45) is 0.531. The van der Waals surface area contributed by atoms with Crippen LogP contribution < -0.4 is 0 Å². The van der Waals surface area contributed by atoms with E-state index in [0.29, 0.717) is 6.42 Å². The molecule has 0 aromatic carbocycles. The highest BCUT2D eigenvalue weighted by molar-refractivity contribution is 14.1. The van der Waals surface area contributed by atoms with E-state index in [9.17, 15) is 4.39 Å². The first-order chi connectivity index (χ1) is 4.77. The molecule has 0 aliphatic rings.